The molecule has 0 aliphatic carbocycles. The summed E-state index contributed by atoms with van der Waals surface area (Å²) in [7, 11) is -3.63. The molecule has 1 N–H and O–H groups in total. The summed E-state index contributed by atoms with van der Waals surface area (Å²) in [6.45, 7) is 0.209. The summed E-state index contributed by atoms with van der Waals surface area (Å²) in [5.74, 6) is -0.774. The first kappa shape index (κ1) is 23.3. The Hall–Kier alpha value is -2.37. The first-order chi connectivity index (χ1) is 14.5. The summed E-state index contributed by atoms with van der Waals surface area (Å²) < 4.78 is 66.0. The molecule has 1 saturated heterocycles. The Balaban J connectivity index is 1.72. The third-order valence-corrected chi connectivity index (χ3v) is 6.96. The van der Waals surface area contributed by atoms with Gasteiger partial charge < -0.3 is 9.88 Å². The smallest absolute Gasteiger partial charge is 0.325 e. The number of hydrogen-bond acceptors (Lipinski definition) is 4. The van der Waals surface area contributed by atoms with Crippen LogP contribution in [0.4, 0.5) is 18.9 Å². The maximum absolute atomic E-state index is 12.9. The minimum absolute atomic E-state index is 0.0771. The maximum atomic E-state index is 12.9. The summed E-state index contributed by atoms with van der Waals surface area (Å²) in [5, 5.41) is 1.76. The van der Waals surface area contributed by atoms with Gasteiger partial charge in [-0.2, -0.15) is 17.5 Å². The zero-order chi connectivity index (χ0) is 22.8. The van der Waals surface area contributed by atoms with Crippen LogP contribution in [0.1, 0.15) is 24.8 Å². The number of rotatable bonds is 5. The number of hydrogen-bond donors (Lipinski definition) is 1. The van der Waals surface area contributed by atoms with E-state index in [0.717, 1.165) is 19.3 Å². The van der Waals surface area contributed by atoms with Gasteiger partial charge in [0, 0.05) is 25.0 Å². The number of sulfonamides is 1. The van der Waals surface area contributed by atoms with Gasteiger partial charge in [-0.15, -0.1) is 0 Å². The molecule has 1 aromatic carbocycles. The van der Waals surface area contributed by atoms with Crippen LogP contribution in [0.15, 0.2) is 46.2 Å². The lowest BCUT2D eigenvalue weighted by Crippen LogP contribution is -2.35. The second-order valence-electron chi connectivity index (χ2n) is 7.04. The largest absolute Gasteiger partial charge is 0.417 e. The average molecular weight is 478 g/mol. The summed E-state index contributed by atoms with van der Waals surface area (Å²) in [6, 6.07) is 5.92. The van der Waals surface area contributed by atoms with Crippen molar-refractivity contribution in [2.24, 2.45) is 0 Å². The number of pyridine rings is 1. The number of amides is 1. The quantitative estimate of drug-likeness (QED) is 0.715. The van der Waals surface area contributed by atoms with Gasteiger partial charge in [-0.1, -0.05) is 18.0 Å². The highest BCUT2D eigenvalue weighted by atomic mass is 35.5. The summed E-state index contributed by atoms with van der Waals surface area (Å²) in [6.07, 6.45) is -1.64. The standard InChI is InChI=1S/C19H19ClF3N3O4S/c20-16-10-13(19(21,22)23)11-25(18(16)28)12-17(27)24-14-4-6-15(7-5-14)31(29,30)26-8-2-1-3-9-26/h4-7,10-11H,1-3,8-9,12H2,(H,24,27). The highest BCUT2D eigenvalue weighted by Gasteiger charge is 2.32. The van der Waals surface area contributed by atoms with Crippen molar-refractivity contribution in [3.63, 3.8) is 0 Å². The van der Waals surface area contributed by atoms with E-state index in [4.69, 9.17) is 11.6 Å². The van der Waals surface area contributed by atoms with Gasteiger partial charge >= 0.3 is 6.18 Å². The van der Waals surface area contributed by atoms with Crippen LogP contribution in [-0.4, -0.2) is 36.3 Å². The SMILES string of the molecule is O=C(Cn1cc(C(F)(F)F)cc(Cl)c1=O)Nc1ccc(S(=O)(=O)N2CCCCC2)cc1. The molecule has 0 bridgehead atoms. The Kier molecular flexibility index (Phi) is 6.77. The predicted octanol–water partition coefficient (Wildman–Crippen LogP) is 3.33. The lowest BCUT2D eigenvalue weighted by Gasteiger charge is -2.25. The van der Waals surface area contributed by atoms with Crippen molar-refractivity contribution < 1.29 is 26.4 Å². The van der Waals surface area contributed by atoms with Crippen molar-refractivity contribution in [1.29, 1.82) is 0 Å². The van der Waals surface area contributed by atoms with E-state index in [1.54, 1.807) is 0 Å². The van der Waals surface area contributed by atoms with Crippen LogP contribution < -0.4 is 10.9 Å². The zero-order valence-corrected chi connectivity index (χ0v) is 17.7. The molecule has 1 aliphatic rings. The number of alkyl halides is 3. The van der Waals surface area contributed by atoms with E-state index in [2.05, 4.69) is 5.32 Å². The highest BCUT2D eigenvalue weighted by Crippen LogP contribution is 2.29. The van der Waals surface area contributed by atoms with E-state index in [1.165, 1.54) is 28.6 Å². The summed E-state index contributed by atoms with van der Waals surface area (Å²) in [5.41, 5.74) is -1.86. The molecule has 1 fully saturated rings. The van der Waals surface area contributed by atoms with Gasteiger partial charge in [-0.25, -0.2) is 8.42 Å². The molecule has 0 saturated carbocycles. The van der Waals surface area contributed by atoms with Gasteiger partial charge in [0.2, 0.25) is 15.9 Å². The Morgan fingerprint density at radius 1 is 1.10 bits per heavy atom. The second kappa shape index (κ2) is 9.01. The molecule has 2 heterocycles. The molecule has 1 aromatic heterocycles. The maximum Gasteiger partial charge on any atom is 0.417 e. The lowest BCUT2D eigenvalue weighted by atomic mass is 10.2. The number of benzene rings is 1. The van der Waals surface area contributed by atoms with Crippen LogP contribution in [-0.2, 0) is 27.5 Å². The van der Waals surface area contributed by atoms with Crippen LogP contribution in [0.5, 0.6) is 0 Å². The third kappa shape index (κ3) is 5.46. The van der Waals surface area contributed by atoms with Crippen LogP contribution >= 0.6 is 11.6 Å². The molecule has 0 spiro atoms. The van der Waals surface area contributed by atoms with E-state index in [1.807, 2.05) is 0 Å². The number of carbonyl (C=O) groups is 1. The fourth-order valence-electron chi connectivity index (χ4n) is 3.19. The van der Waals surface area contributed by atoms with Crippen molar-refractivity contribution in [2.45, 2.75) is 36.9 Å². The van der Waals surface area contributed by atoms with E-state index >= 15 is 0 Å². The van der Waals surface area contributed by atoms with Crippen LogP contribution in [0.2, 0.25) is 5.02 Å². The van der Waals surface area contributed by atoms with Crippen molar-refractivity contribution in [3.8, 4) is 0 Å². The van der Waals surface area contributed by atoms with Crippen molar-refractivity contribution in [2.75, 3.05) is 18.4 Å². The molecule has 168 valence electrons. The molecule has 1 aliphatic heterocycles. The number of halogens is 4. The van der Waals surface area contributed by atoms with Gasteiger partial charge in [-0.3, -0.25) is 9.59 Å². The lowest BCUT2D eigenvalue weighted by molar-refractivity contribution is -0.138. The predicted molar refractivity (Wildman–Crippen MR) is 108 cm³/mol. The first-order valence-corrected chi connectivity index (χ1v) is 11.2. The Bertz CT molecular complexity index is 1130. The molecule has 0 atom stereocenters. The van der Waals surface area contributed by atoms with Gasteiger partial charge in [0.05, 0.1) is 10.5 Å². The molecule has 31 heavy (non-hydrogen) atoms. The molecule has 0 unspecified atom stereocenters. The van der Waals surface area contributed by atoms with Gasteiger partial charge in [0.1, 0.15) is 11.6 Å². The average Bonchev–Trinajstić information content (AvgIpc) is 2.71. The molecular formula is C19H19ClF3N3O4S. The number of nitrogens with zero attached hydrogens (tertiary/aromatic N) is 2. The number of anilines is 1. The molecule has 2 aromatic rings. The van der Waals surface area contributed by atoms with Crippen LogP contribution in [0.25, 0.3) is 0 Å². The Labute approximate surface area is 181 Å². The monoisotopic (exact) mass is 477 g/mol. The first-order valence-electron chi connectivity index (χ1n) is 9.36. The molecule has 7 nitrogen and oxygen atoms in total. The van der Waals surface area contributed by atoms with Gasteiger partial charge in [0.25, 0.3) is 5.56 Å². The van der Waals surface area contributed by atoms with Crippen LogP contribution in [0, 0.1) is 0 Å². The van der Waals surface area contributed by atoms with E-state index in [9.17, 15) is 31.2 Å². The van der Waals surface area contributed by atoms with Gasteiger partial charge in [-0.05, 0) is 43.2 Å². The minimum Gasteiger partial charge on any atom is -0.325 e. The summed E-state index contributed by atoms with van der Waals surface area (Å²) >= 11 is 5.57. The fraction of sp³-hybridized carbons (Fsp3) is 0.368. The van der Waals surface area contributed by atoms with Crippen LogP contribution in [0.3, 0.4) is 0 Å². The Morgan fingerprint density at radius 2 is 1.71 bits per heavy atom. The number of carbonyl (C=O) groups excluding carboxylic acids is 1. The topological polar surface area (TPSA) is 88.5 Å². The second-order valence-corrected chi connectivity index (χ2v) is 9.39. The minimum atomic E-state index is -4.73. The number of piperidine rings is 1. The number of nitrogens with one attached hydrogen (secondary N) is 1. The van der Waals surface area contributed by atoms with E-state index < -0.39 is 44.8 Å². The summed E-state index contributed by atoms with van der Waals surface area (Å²) in [4.78, 5) is 24.2. The number of aromatic nitrogens is 1. The normalized spacial score (nSPS) is 15.6. The fourth-order valence-corrected chi connectivity index (χ4v) is 4.93. The molecule has 0 radical (unpaired) electrons. The van der Waals surface area contributed by atoms with Crippen molar-refractivity contribution >= 4 is 33.2 Å². The molecule has 1 amide bonds. The molecule has 3 rings (SSSR count). The molecular weight excluding hydrogens is 459 g/mol. The van der Waals surface area contributed by atoms with E-state index in [0.29, 0.717) is 29.9 Å². The van der Waals surface area contributed by atoms with Crippen molar-refractivity contribution in [3.05, 3.63) is 57.5 Å². The van der Waals surface area contributed by atoms with Gasteiger partial charge in [0.15, 0.2) is 0 Å². The van der Waals surface area contributed by atoms with Crippen molar-refractivity contribution in [1.82, 2.24) is 8.87 Å². The highest BCUT2D eigenvalue weighted by molar-refractivity contribution is 7.89. The third-order valence-electron chi connectivity index (χ3n) is 4.77. The van der Waals surface area contributed by atoms with E-state index in [-0.39, 0.29) is 10.6 Å². The molecule has 12 heteroatoms. The Morgan fingerprint density at radius 3 is 2.29 bits per heavy atom. The zero-order valence-electron chi connectivity index (χ0n) is 16.2.